The highest BCUT2D eigenvalue weighted by atomic mass is 16.7. The van der Waals surface area contributed by atoms with Crippen LogP contribution in [-0.2, 0) is 30.3 Å². The van der Waals surface area contributed by atoms with Crippen LogP contribution in [-0.4, -0.2) is 38.0 Å². The first-order valence-corrected chi connectivity index (χ1v) is 7.80. The Bertz CT molecular complexity index is 595. The number of hydrogen-bond acceptors (Lipinski definition) is 5. The molecule has 0 aliphatic carbocycles. The van der Waals surface area contributed by atoms with Gasteiger partial charge in [-0.15, -0.1) is 0 Å². The van der Waals surface area contributed by atoms with Gasteiger partial charge in [-0.1, -0.05) is 30.3 Å². The summed E-state index contributed by atoms with van der Waals surface area (Å²) in [4.78, 5) is 12.0. The molecule has 0 bridgehead atoms. The van der Waals surface area contributed by atoms with Crippen LogP contribution in [0.4, 0.5) is 0 Å². The lowest BCUT2D eigenvalue weighted by atomic mass is 9.89. The first kappa shape index (κ1) is 16.2. The van der Waals surface area contributed by atoms with Crippen LogP contribution in [0.3, 0.4) is 0 Å². The molecule has 1 fully saturated rings. The Kier molecular flexibility index (Phi) is 4.80. The lowest BCUT2D eigenvalue weighted by Crippen LogP contribution is -2.30. The highest BCUT2D eigenvalue weighted by molar-refractivity contribution is 5.95. The number of carbonyl (C=O) groups excluding carboxylic acids is 1. The Labute approximate surface area is 136 Å². The largest absolute Gasteiger partial charge is 0.489 e. The minimum atomic E-state index is -0.475. The average Bonchev–Trinajstić information content (AvgIpc) is 3.04. The third-order valence-electron chi connectivity index (χ3n) is 4.36. The van der Waals surface area contributed by atoms with Gasteiger partial charge in [-0.05, 0) is 19.4 Å². The number of hydrogen-bond donors (Lipinski definition) is 0. The molecule has 1 aromatic carbocycles. The van der Waals surface area contributed by atoms with E-state index in [4.69, 9.17) is 18.9 Å². The molecule has 2 aliphatic heterocycles. The van der Waals surface area contributed by atoms with Crippen LogP contribution in [0, 0.1) is 5.92 Å². The van der Waals surface area contributed by atoms with Gasteiger partial charge in [0.2, 0.25) is 0 Å². The molecule has 1 aromatic rings. The topological polar surface area (TPSA) is 54.0 Å². The zero-order valence-electron chi connectivity index (χ0n) is 13.7. The summed E-state index contributed by atoms with van der Waals surface area (Å²) < 4.78 is 22.8. The molecule has 0 saturated carbocycles. The fraction of sp³-hybridized carbons (Fsp3) is 0.500. The predicted molar refractivity (Wildman–Crippen MR) is 83.5 cm³/mol. The molecule has 0 amide bonds. The van der Waals surface area contributed by atoms with Gasteiger partial charge >= 0.3 is 0 Å². The van der Waals surface area contributed by atoms with Gasteiger partial charge in [0.05, 0.1) is 25.2 Å². The van der Waals surface area contributed by atoms with E-state index in [1.807, 2.05) is 37.3 Å². The number of rotatable bonds is 6. The Morgan fingerprint density at radius 1 is 1.26 bits per heavy atom. The second-order valence-corrected chi connectivity index (χ2v) is 5.91. The number of carbonyl (C=O) groups is 1. The van der Waals surface area contributed by atoms with E-state index in [2.05, 4.69) is 0 Å². The molecule has 0 unspecified atom stereocenters. The molecule has 2 heterocycles. The van der Waals surface area contributed by atoms with E-state index in [1.54, 1.807) is 14.0 Å². The fourth-order valence-electron chi connectivity index (χ4n) is 3.38. The van der Waals surface area contributed by atoms with Gasteiger partial charge in [0.25, 0.3) is 0 Å². The second kappa shape index (κ2) is 6.83. The quantitative estimate of drug-likeness (QED) is 0.806. The number of ketones is 1. The Morgan fingerprint density at radius 3 is 2.65 bits per heavy atom. The summed E-state index contributed by atoms with van der Waals surface area (Å²) in [5.74, 6) is 0.558. The molecule has 0 spiro atoms. The van der Waals surface area contributed by atoms with E-state index in [0.717, 1.165) is 5.56 Å². The van der Waals surface area contributed by atoms with Crippen molar-refractivity contribution in [2.45, 2.75) is 39.0 Å². The van der Waals surface area contributed by atoms with Crippen LogP contribution in [0.25, 0.3) is 0 Å². The average molecular weight is 318 g/mol. The minimum Gasteiger partial charge on any atom is -0.489 e. The number of ether oxygens (including phenoxy) is 4. The van der Waals surface area contributed by atoms with Gasteiger partial charge in [0, 0.05) is 12.7 Å². The van der Waals surface area contributed by atoms with E-state index in [-0.39, 0.29) is 23.9 Å². The van der Waals surface area contributed by atoms with Crippen LogP contribution in [0.5, 0.6) is 0 Å². The van der Waals surface area contributed by atoms with Gasteiger partial charge in [0.15, 0.2) is 18.2 Å². The molecule has 2 aliphatic rings. The molecule has 4 atom stereocenters. The molecular weight excluding hydrogens is 296 g/mol. The third kappa shape index (κ3) is 3.17. The molecule has 0 N–H and O–H groups in total. The van der Waals surface area contributed by atoms with Crippen LogP contribution in [0.2, 0.25) is 0 Å². The van der Waals surface area contributed by atoms with Crippen LogP contribution in [0.15, 0.2) is 41.7 Å². The number of Topliss-reactive ketones (excluding diaryl/α,β-unsaturated/α-hetero) is 1. The maximum absolute atomic E-state index is 12.0. The Hall–Kier alpha value is -1.69. The monoisotopic (exact) mass is 318 g/mol. The smallest absolute Gasteiger partial charge is 0.195 e. The fourth-order valence-corrected chi connectivity index (χ4v) is 3.38. The summed E-state index contributed by atoms with van der Waals surface area (Å²) in [6.45, 7) is 4.29. The molecule has 0 radical (unpaired) electrons. The van der Waals surface area contributed by atoms with E-state index < -0.39 is 6.29 Å². The molecule has 23 heavy (non-hydrogen) atoms. The van der Waals surface area contributed by atoms with Crippen molar-refractivity contribution in [3.05, 3.63) is 47.2 Å². The second-order valence-electron chi connectivity index (χ2n) is 5.91. The predicted octanol–water partition coefficient (Wildman–Crippen LogP) is 2.45. The van der Waals surface area contributed by atoms with E-state index in [1.165, 1.54) is 0 Å². The minimum absolute atomic E-state index is 0.0170. The standard InChI is InChI=1S/C18H22O5/c1-11(19)15-12(2)22-17-16(15)14(23-18(17)20-3)10-21-9-13-7-5-4-6-8-13/h4-8,14,16-18H,9-10H2,1-3H3/t14-,16+,17-,18+/m1/s1. The van der Waals surface area contributed by atoms with Crippen molar-refractivity contribution in [2.75, 3.05) is 13.7 Å². The number of benzene rings is 1. The molecule has 1 saturated heterocycles. The van der Waals surface area contributed by atoms with Crippen molar-refractivity contribution in [1.82, 2.24) is 0 Å². The van der Waals surface area contributed by atoms with E-state index in [9.17, 15) is 4.79 Å². The summed E-state index contributed by atoms with van der Waals surface area (Å²) >= 11 is 0. The van der Waals surface area contributed by atoms with Gasteiger partial charge < -0.3 is 18.9 Å². The van der Waals surface area contributed by atoms with E-state index >= 15 is 0 Å². The Morgan fingerprint density at radius 2 is 2.00 bits per heavy atom. The summed E-state index contributed by atoms with van der Waals surface area (Å²) in [6, 6.07) is 9.96. The van der Waals surface area contributed by atoms with Gasteiger partial charge in [0.1, 0.15) is 5.76 Å². The van der Waals surface area contributed by atoms with Crippen molar-refractivity contribution in [2.24, 2.45) is 5.92 Å². The van der Waals surface area contributed by atoms with Crippen molar-refractivity contribution in [3.8, 4) is 0 Å². The molecule has 5 nitrogen and oxygen atoms in total. The zero-order valence-corrected chi connectivity index (χ0v) is 13.7. The van der Waals surface area contributed by atoms with Crippen molar-refractivity contribution in [3.63, 3.8) is 0 Å². The normalized spacial score (nSPS) is 29.5. The highest BCUT2D eigenvalue weighted by Crippen LogP contribution is 2.43. The lowest BCUT2D eigenvalue weighted by molar-refractivity contribution is -0.160. The number of methoxy groups -OCH3 is 1. The van der Waals surface area contributed by atoms with E-state index in [0.29, 0.717) is 24.5 Å². The molecule has 3 rings (SSSR count). The molecular formula is C18H22O5. The maximum atomic E-state index is 12.0. The van der Waals surface area contributed by atoms with Crippen molar-refractivity contribution < 1.29 is 23.7 Å². The van der Waals surface area contributed by atoms with Crippen molar-refractivity contribution in [1.29, 1.82) is 0 Å². The first-order valence-electron chi connectivity index (χ1n) is 7.80. The molecule has 124 valence electrons. The lowest BCUT2D eigenvalue weighted by Gasteiger charge is -2.17. The van der Waals surface area contributed by atoms with Crippen LogP contribution >= 0.6 is 0 Å². The van der Waals surface area contributed by atoms with Crippen molar-refractivity contribution >= 4 is 5.78 Å². The SMILES string of the molecule is CO[C@H]1O[C@H](COCc2ccccc2)[C@H]2C(C(C)=O)=C(C)O[C@@H]12. The molecule has 5 heteroatoms. The first-order chi connectivity index (χ1) is 11.1. The van der Waals surface area contributed by atoms with Crippen LogP contribution < -0.4 is 0 Å². The van der Waals surface area contributed by atoms with Gasteiger partial charge in [-0.3, -0.25) is 4.79 Å². The summed E-state index contributed by atoms with van der Waals surface area (Å²) in [6.07, 6.45) is -0.994. The van der Waals surface area contributed by atoms with Crippen LogP contribution in [0.1, 0.15) is 19.4 Å². The maximum Gasteiger partial charge on any atom is 0.195 e. The zero-order chi connectivity index (χ0) is 16.4. The van der Waals surface area contributed by atoms with Gasteiger partial charge in [-0.2, -0.15) is 0 Å². The summed E-state index contributed by atoms with van der Waals surface area (Å²) in [5, 5.41) is 0. The third-order valence-corrected chi connectivity index (χ3v) is 4.36. The molecule has 0 aromatic heterocycles. The number of allylic oxidation sites excluding steroid dienone is 1. The Balaban J connectivity index is 1.67. The highest BCUT2D eigenvalue weighted by Gasteiger charge is 2.53. The summed E-state index contributed by atoms with van der Waals surface area (Å²) in [5.41, 5.74) is 1.80. The van der Waals surface area contributed by atoms with Gasteiger partial charge in [-0.25, -0.2) is 0 Å². The summed E-state index contributed by atoms with van der Waals surface area (Å²) in [7, 11) is 1.58. The number of fused-ring (bicyclic) bond motifs is 1.